The van der Waals surface area contributed by atoms with E-state index in [-0.39, 0.29) is 0 Å². The van der Waals surface area contributed by atoms with E-state index in [0.717, 1.165) is 17.7 Å². The number of rotatable bonds is 4. The number of allylic oxidation sites excluding steroid dienone is 1. The molecule has 15 heavy (non-hydrogen) atoms. The predicted molar refractivity (Wildman–Crippen MR) is 67.2 cm³/mol. The number of nitrogens with two attached hydrogens (primary N) is 1. The van der Waals surface area contributed by atoms with Crippen LogP contribution in [-0.4, -0.2) is 11.8 Å². The number of primary amides is 1. The molecule has 0 heterocycles. The van der Waals surface area contributed by atoms with E-state index in [0.29, 0.717) is 5.69 Å². The second-order valence-corrected chi connectivity index (χ2v) is 3.47. The fourth-order valence-corrected chi connectivity index (χ4v) is 1.26. The van der Waals surface area contributed by atoms with Crippen LogP contribution >= 0.6 is 12.6 Å². The van der Waals surface area contributed by atoms with Crippen molar-refractivity contribution in [2.45, 2.75) is 6.42 Å². The van der Waals surface area contributed by atoms with E-state index in [1.807, 2.05) is 30.3 Å². The van der Waals surface area contributed by atoms with Crippen LogP contribution in [-0.2, 0) is 0 Å². The number of anilines is 1. The first-order valence-corrected chi connectivity index (χ1v) is 5.29. The minimum absolute atomic E-state index is 0.548. The van der Waals surface area contributed by atoms with Gasteiger partial charge in [-0.05, 0) is 29.9 Å². The van der Waals surface area contributed by atoms with Crippen molar-refractivity contribution in [2.24, 2.45) is 5.73 Å². The maximum Gasteiger partial charge on any atom is 0.316 e. The summed E-state index contributed by atoms with van der Waals surface area (Å²) in [6.45, 7) is 0. The third kappa shape index (κ3) is 4.56. The molecule has 0 bridgehead atoms. The number of carbonyl (C=O) groups excluding carboxylic acids is 1. The Morgan fingerprint density at radius 1 is 1.40 bits per heavy atom. The van der Waals surface area contributed by atoms with Crippen molar-refractivity contribution >= 4 is 30.4 Å². The van der Waals surface area contributed by atoms with Gasteiger partial charge in [0.1, 0.15) is 0 Å². The summed E-state index contributed by atoms with van der Waals surface area (Å²) in [6.07, 6.45) is 5.03. The smallest absolute Gasteiger partial charge is 0.316 e. The van der Waals surface area contributed by atoms with Gasteiger partial charge in [0.15, 0.2) is 0 Å². The Kier molecular flexibility index (Phi) is 4.77. The van der Waals surface area contributed by atoms with Crippen molar-refractivity contribution in [1.29, 1.82) is 0 Å². The van der Waals surface area contributed by atoms with Gasteiger partial charge in [-0.25, -0.2) is 4.79 Å². The molecule has 1 aromatic rings. The largest absolute Gasteiger partial charge is 0.351 e. The van der Waals surface area contributed by atoms with Gasteiger partial charge in [-0.15, -0.1) is 0 Å². The lowest BCUT2D eigenvalue weighted by atomic mass is 10.2. The normalized spacial score (nSPS) is 10.5. The molecule has 0 saturated heterocycles. The lowest BCUT2D eigenvalue weighted by Gasteiger charge is -2.01. The maximum absolute atomic E-state index is 10.6. The highest BCUT2D eigenvalue weighted by atomic mass is 32.1. The molecule has 0 aromatic heterocycles. The molecule has 0 aliphatic rings. The van der Waals surface area contributed by atoms with Crippen LogP contribution < -0.4 is 11.1 Å². The lowest BCUT2D eigenvalue weighted by molar-refractivity contribution is 0.259. The van der Waals surface area contributed by atoms with Gasteiger partial charge in [-0.1, -0.05) is 24.3 Å². The Balaban J connectivity index is 2.60. The van der Waals surface area contributed by atoms with Gasteiger partial charge < -0.3 is 11.1 Å². The summed E-state index contributed by atoms with van der Waals surface area (Å²) in [5.74, 6) is 0.845. The molecule has 0 aliphatic carbocycles. The van der Waals surface area contributed by atoms with E-state index < -0.39 is 6.03 Å². The molecule has 0 saturated carbocycles. The van der Waals surface area contributed by atoms with Crippen molar-refractivity contribution in [1.82, 2.24) is 0 Å². The standard InChI is InChI=1S/C11H14N2OS/c12-11(14)13-10-6-4-9(5-7-10)3-1-2-8-15/h1,3-7,15H,2,8H2,(H3,12,13,14). The highest BCUT2D eigenvalue weighted by Gasteiger charge is 1.94. The zero-order valence-electron chi connectivity index (χ0n) is 8.31. The van der Waals surface area contributed by atoms with Gasteiger partial charge in [0.25, 0.3) is 0 Å². The van der Waals surface area contributed by atoms with Crippen LogP contribution in [0.2, 0.25) is 0 Å². The summed E-state index contributed by atoms with van der Waals surface area (Å²) in [4.78, 5) is 10.6. The molecule has 0 spiro atoms. The van der Waals surface area contributed by atoms with Crippen LogP contribution in [0, 0.1) is 0 Å². The van der Waals surface area contributed by atoms with Crippen molar-refractivity contribution in [3.63, 3.8) is 0 Å². The first-order valence-electron chi connectivity index (χ1n) is 4.66. The molecule has 0 atom stereocenters. The highest BCUT2D eigenvalue weighted by molar-refractivity contribution is 7.80. The van der Waals surface area contributed by atoms with Crippen LogP contribution in [0.3, 0.4) is 0 Å². The summed E-state index contributed by atoms with van der Waals surface area (Å²) in [7, 11) is 0. The molecule has 0 radical (unpaired) electrons. The molecule has 0 aliphatic heterocycles. The molecule has 0 unspecified atom stereocenters. The van der Waals surface area contributed by atoms with Crippen LogP contribution in [0.1, 0.15) is 12.0 Å². The van der Waals surface area contributed by atoms with Gasteiger partial charge in [0.2, 0.25) is 0 Å². The molecule has 2 amide bonds. The van der Waals surface area contributed by atoms with E-state index in [1.54, 1.807) is 0 Å². The zero-order chi connectivity index (χ0) is 11.1. The van der Waals surface area contributed by atoms with Gasteiger partial charge in [-0.3, -0.25) is 0 Å². The fraction of sp³-hybridized carbons (Fsp3) is 0.182. The minimum atomic E-state index is -0.548. The number of hydrogen-bond donors (Lipinski definition) is 3. The fourth-order valence-electron chi connectivity index (χ4n) is 1.11. The SMILES string of the molecule is NC(=O)Nc1ccc(C=CCCS)cc1. The number of nitrogens with one attached hydrogen (secondary N) is 1. The third-order valence-corrected chi connectivity index (χ3v) is 2.04. The Bertz CT molecular complexity index is 346. The van der Waals surface area contributed by atoms with E-state index in [4.69, 9.17) is 5.73 Å². The maximum atomic E-state index is 10.6. The van der Waals surface area contributed by atoms with Crippen LogP contribution in [0.4, 0.5) is 10.5 Å². The lowest BCUT2D eigenvalue weighted by Crippen LogP contribution is -2.19. The Labute approximate surface area is 94.8 Å². The first kappa shape index (κ1) is 11.7. The molecular formula is C11H14N2OS. The topological polar surface area (TPSA) is 55.1 Å². The van der Waals surface area contributed by atoms with Crippen molar-refractivity contribution in [2.75, 3.05) is 11.1 Å². The number of benzene rings is 1. The van der Waals surface area contributed by atoms with Gasteiger partial charge in [0.05, 0.1) is 0 Å². The summed E-state index contributed by atoms with van der Waals surface area (Å²) in [6, 6.07) is 6.91. The van der Waals surface area contributed by atoms with Crippen molar-refractivity contribution in [3.8, 4) is 0 Å². The number of thiol groups is 1. The number of carbonyl (C=O) groups is 1. The van der Waals surface area contributed by atoms with E-state index >= 15 is 0 Å². The average Bonchev–Trinajstić information content (AvgIpc) is 2.20. The number of amides is 2. The van der Waals surface area contributed by atoms with Gasteiger partial charge in [-0.2, -0.15) is 12.6 Å². The predicted octanol–water partition coefficient (Wildman–Crippen LogP) is 2.51. The number of hydrogen-bond acceptors (Lipinski definition) is 2. The van der Waals surface area contributed by atoms with Crippen LogP contribution in [0.25, 0.3) is 6.08 Å². The quantitative estimate of drug-likeness (QED) is 0.674. The Morgan fingerprint density at radius 2 is 2.07 bits per heavy atom. The monoisotopic (exact) mass is 222 g/mol. The molecule has 3 nitrogen and oxygen atoms in total. The average molecular weight is 222 g/mol. The molecule has 1 aromatic carbocycles. The molecule has 80 valence electrons. The zero-order valence-corrected chi connectivity index (χ0v) is 9.21. The van der Waals surface area contributed by atoms with Crippen LogP contribution in [0.15, 0.2) is 30.3 Å². The van der Waals surface area contributed by atoms with E-state index in [1.165, 1.54) is 0 Å². The summed E-state index contributed by atoms with van der Waals surface area (Å²) < 4.78 is 0. The molecular weight excluding hydrogens is 208 g/mol. The highest BCUT2D eigenvalue weighted by Crippen LogP contribution is 2.10. The Morgan fingerprint density at radius 3 is 2.60 bits per heavy atom. The first-order chi connectivity index (χ1) is 7.22. The van der Waals surface area contributed by atoms with Crippen molar-refractivity contribution in [3.05, 3.63) is 35.9 Å². The molecule has 3 N–H and O–H groups in total. The number of urea groups is 1. The van der Waals surface area contributed by atoms with E-state index in [2.05, 4.69) is 24.0 Å². The molecule has 0 fully saturated rings. The minimum Gasteiger partial charge on any atom is -0.351 e. The van der Waals surface area contributed by atoms with Crippen molar-refractivity contribution < 1.29 is 4.79 Å². The van der Waals surface area contributed by atoms with Crippen LogP contribution in [0.5, 0.6) is 0 Å². The van der Waals surface area contributed by atoms with Gasteiger partial charge in [0, 0.05) is 5.69 Å². The second-order valence-electron chi connectivity index (χ2n) is 3.03. The second kappa shape index (κ2) is 6.14. The summed E-state index contributed by atoms with van der Waals surface area (Å²) in [5.41, 5.74) is 6.78. The summed E-state index contributed by atoms with van der Waals surface area (Å²) in [5, 5.41) is 2.50. The van der Waals surface area contributed by atoms with Gasteiger partial charge >= 0.3 is 6.03 Å². The molecule has 1 rings (SSSR count). The van der Waals surface area contributed by atoms with E-state index in [9.17, 15) is 4.79 Å². The molecule has 4 heteroatoms. The Hall–Kier alpha value is -1.42. The summed E-state index contributed by atoms with van der Waals surface area (Å²) >= 11 is 4.11. The third-order valence-electron chi connectivity index (χ3n) is 1.78.